The Balaban J connectivity index is 1.41. The number of nitrogens with zero attached hydrogens (tertiary/aromatic N) is 1. The third-order valence-corrected chi connectivity index (χ3v) is 8.07. The van der Waals surface area contributed by atoms with Gasteiger partial charge in [-0.1, -0.05) is 30.3 Å². The van der Waals surface area contributed by atoms with Crippen molar-refractivity contribution in [2.24, 2.45) is 5.92 Å². The molecule has 1 spiro atoms. The van der Waals surface area contributed by atoms with Crippen LogP contribution in [0.5, 0.6) is 5.75 Å². The molecule has 3 aliphatic heterocycles. The summed E-state index contributed by atoms with van der Waals surface area (Å²) in [6.45, 7) is 3.95. The lowest BCUT2D eigenvalue weighted by Gasteiger charge is -2.56. The van der Waals surface area contributed by atoms with E-state index in [4.69, 9.17) is 9.47 Å². The number of rotatable bonds is 4. The first-order valence-electron chi connectivity index (χ1n) is 12.5. The number of esters is 1. The summed E-state index contributed by atoms with van der Waals surface area (Å²) in [5.41, 5.74) is 2.96. The van der Waals surface area contributed by atoms with E-state index in [1.165, 1.54) is 6.42 Å². The molecule has 3 aromatic rings. The number of piperidine rings is 2. The summed E-state index contributed by atoms with van der Waals surface area (Å²) < 4.78 is 12.4. The van der Waals surface area contributed by atoms with Gasteiger partial charge in [-0.3, -0.25) is 4.90 Å². The summed E-state index contributed by atoms with van der Waals surface area (Å²) in [5.74, 6) is -0.957. The molecule has 35 heavy (non-hydrogen) atoms. The molecule has 0 saturated carbocycles. The molecule has 1 N–H and O–H groups in total. The summed E-state index contributed by atoms with van der Waals surface area (Å²) in [7, 11) is 0. The molecule has 3 atom stereocenters. The lowest BCUT2D eigenvalue weighted by Crippen LogP contribution is -2.64. The molecule has 7 heteroatoms. The van der Waals surface area contributed by atoms with Gasteiger partial charge in [0.1, 0.15) is 5.75 Å². The fraction of sp³-hybridized carbons (Fsp3) is 0.429. The maximum Gasteiger partial charge on any atom is 0.341 e. The molecule has 2 fully saturated rings. The van der Waals surface area contributed by atoms with Gasteiger partial charge in [0.2, 0.25) is 0 Å². The van der Waals surface area contributed by atoms with E-state index < -0.39 is 18.0 Å². The monoisotopic (exact) mass is 473 g/mol. The van der Waals surface area contributed by atoms with Crippen LogP contribution in [-0.4, -0.2) is 40.6 Å². The van der Waals surface area contributed by atoms with Crippen molar-refractivity contribution in [2.45, 2.75) is 57.3 Å². The quantitative estimate of drug-likeness (QED) is 0.582. The van der Waals surface area contributed by atoms with Crippen molar-refractivity contribution in [3.8, 4) is 5.75 Å². The van der Waals surface area contributed by atoms with Gasteiger partial charge in [-0.15, -0.1) is 0 Å². The summed E-state index contributed by atoms with van der Waals surface area (Å²) in [6, 6.07) is 12.4. The van der Waals surface area contributed by atoms with Crippen LogP contribution in [0.2, 0.25) is 0 Å². The number of carboxylic acid groups (broad SMARTS) is 1. The molecule has 0 aliphatic carbocycles. The number of hydrogen-bond acceptors (Lipinski definition) is 6. The van der Waals surface area contributed by atoms with Crippen LogP contribution in [-0.2, 0) is 16.0 Å². The van der Waals surface area contributed by atoms with Crippen molar-refractivity contribution in [1.29, 1.82) is 0 Å². The number of carboxylic acids is 1. The Morgan fingerprint density at radius 3 is 2.74 bits per heavy atom. The highest BCUT2D eigenvalue weighted by Crippen LogP contribution is 2.50. The molecule has 2 unspecified atom stereocenters. The number of carbonyl (C=O) groups excluding carboxylic acids is 2. The van der Waals surface area contributed by atoms with Crippen molar-refractivity contribution < 1.29 is 24.2 Å². The molecule has 4 heterocycles. The van der Waals surface area contributed by atoms with Gasteiger partial charge < -0.3 is 24.4 Å². The number of fused-ring (bicyclic) bond motifs is 3. The van der Waals surface area contributed by atoms with Crippen molar-refractivity contribution >= 4 is 22.8 Å². The van der Waals surface area contributed by atoms with E-state index in [1.807, 2.05) is 19.1 Å². The second-order valence-electron chi connectivity index (χ2n) is 10.0. The normalized spacial score (nSPS) is 24.5. The number of aryl methyl sites for hydroxylation is 1. The Kier molecular flexibility index (Phi) is 5.33. The summed E-state index contributed by atoms with van der Waals surface area (Å²) in [5, 5.41) is 12.6. The molecule has 0 radical (unpaired) electrons. The Bertz CT molecular complexity index is 1300. The topological polar surface area (TPSA) is 94.7 Å². The third-order valence-electron chi connectivity index (χ3n) is 8.07. The first-order valence-corrected chi connectivity index (χ1v) is 12.5. The highest BCUT2D eigenvalue weighted by Gasteiger charge is 2.52. The van der Waals surface area contributed by atoms with Crippen molar-refractivity contribution in [2.75, 3.05) is 13.1 Å². The number of benzene rings is 2. The van der Waals surface area contributed by atoms with Crippen LogP contribution in [0.4, 0.5) is 0 Å². The van der Waals surface area contributed by atoms with Crippen molar-refractivity contribution in [3.05, 3.63) is 64.8 Å². The molecule has 6 rings (SSSR count). The predicted octanol–water partition coefficient (Wildman–Crippen LogP) is 3.65. The van der Waals surface area contributed by atoms with E-state index in [-0.39, 0.29) is 5.72 Å². The fourth-order valence-corrected chi connectivity index (χ4v) is 6.51. The average Bonchev–Trinajstić information content (AvgIpc) is 3.21. The molecule has 182 valence electrons. The van der Waals surface area contributed by atoms with Gasteiger partial charge in [0.25, 0.3) is 0 Å². The molecular formula is C28H29N2O5-. The van der Waals surface area contributed by atoms with Gasteiger partial charge in [-0.25, -0.2) is 4.79 Å². The second-order valence-corrected chi connectivity index (χ2v) is 10.0. The van der Waals surface area contributed by atoms with E-state index in [0.29, 0.717) is 22.7 Å². The predicted molar refractivity (Wildman–Crippen MR) is 128 cm³/mol. The zero-order valence-corrected chi connectivity index (χ0v) is 19.8. The van der Waals surface area contributed by atoms with Crippen LogP contribution in [0, 0.1) is 12.8 Å². The Morgan fingerprint density at radius 1 is 1.14 bits per heavy atom. The molecule has 3 aliphatic rings. The zero-order chi connectivity index (χ0) is 24.2. The molecule has 0 bridgehead atoms. The standard InChI is InChI=1S/C28H30N2O5/c1-17-23(27(33)34-25(26(31)32)18-8-3-2-4-9-18)24-20-16-19-10-7-15-30-14-6-5-13-28(19,30)35-22(20)12-11-21(24)29-17/h2-4,8-9,11-12,19,25,29H,5-7,10,13-16H2,1H3,(H,31,32)/p-1/t19?,25-,28?/m0/s1. The van der Waals surface area contributed by atoms with E-state index in [1.54, 1.807) is 30.3 Å². The number of nitrogens with one attached hydrogen (secondary N) is 1. The number of ether oxygens (including phenoxy) is 2. The van der Waals surface area contributed by atoms with Crippen LogP contribution in [0.3, 0.4) is 0 Å². The lowest BCUT2D eigenvalue weighted by molar-refractivity contribution is -0.315. The molecular weight excluding hydrogens is 444 g/mol. The maximum absolute atomic E-state index is 13.4. The molecule has 0 amide bonds. The number of H-pyrrole nitrogens is 1. The SMILES string of the molecule is Cc1[nH]c2ccc3c(c2c1C(=O)O[C@H](C(=O)[O-])c1ccccc1)CC1CCCN2CCCCC12O3. The fourth-order valence-electron chi connectivity index (χ4n) is 6.51. The van der Waals surface area contributed by atoms with Crippen molar-refractivity contribution in [1.82, 2.24) is 9.88 Å². The molecule has 2 aromatic carbocycles. The van der Waals surface area contributed by atoms with Crippen LogP contribution >= 0.6 is 0 Å². The molecule has 1 aromatic heterocycles. The van der Waals surface area contributed by atoms with Gasteiger partial charge in [0, 0.05) is 47.6 Å². The number of aliphatic carboxylic acids is 1. The van der Waals surface area contributed by atoms with E-state index in [0.717, 1.165) is 67.4 Å². The Morgan fingerprint density at radius 2 is 1.94 bits per heavy atom. The largest absolute Gasteiger partial charge is 0.546 e. The van der Waals surface area contributed by atoms with Crippen molar-refractivity contribution in [3.63, 3.8) is 0 Å². The minimum absolute atomic E-state index is 0.253. The van der Waals surface area contributed by atoms with Gasteiger partial charge >= 0.3 is 5.97 Å². The van der Waals surface area contributed by atoms with Gasteiger partial charge in [0.15, 0.2) is 11.8 Å². The van der Waals surface area contributed by atoms with Crippen LogP contribution in [0.25, 0.3) is 10.9 Å². The second kappa shape index (κ2) is 8.41. The lowest BCUT2D eigenvalue weighted by atomic mass is 9.74. The smallest absolute Gasteiger partial charge is 0.341 e. The van der Waals surface area contributed by atoms with E-state index in [2.05, 4.69) is 9.88 Å². The zero-order valence-electron chi connectivity index (χ0n) is 19.8. The van der Waals surface area contributed by atoms with Crippen LogP contribution < -0.4 is 9.84 Å². The summed E-state index contributed by atoms with van der Waals surface area (Å²) in [4.78, 5) is 31.1. The van der Waals surface area contributed by atoms with E-state index in [9.17, 15) is 14.7 Å². The highest BCUT2D eigenvalue weighted by atomic mass is 16.6. The number of carbonyl (C=O) groups is 2. The van der Waals surface area contributed by atoms with Crippen LogP contribution in [0.1, 0.15) is 65.4 Å². The maximum atomic E-state index is 13.4. The Hall–Kier alpha value is -3.32. The number of aromatic nitrogens is 1. The number of aromatic amines is 1. The highest BCUT2D eigenvalue weighted by molar-refractivity contribution is 6.08. The van der Waals surface area contributed by atoms with Crippen LogP contribution in [0.15, 0.2) is 42.5 Å². The molecule has 7 nitrogen and oxygen atoms in total. The minimum atomic E-state index is -1.48. The number of hydrogen-bond donors (Lipinski definition) is 1. The van der Waals surface area contributed by atoms with Gasteiger partial charge in [-0.2, -0.15) is 0 Å². The first kappa shape index (κ1) is 22.2. The molecule has 2 saturated heterocycles. The summed E-state index contributed by atoms with van der Waals surface area (Å²) in [6.07, 6.45) is 4.97. The minimum Gasteiger partial charge on any atom is -0.546 e. The van der Waals surface area contributed by atoms with Gasteiger partial charge in [0.05, 0.1) is 11.5 Å². The Labute approximate surface area is 204 Å². The van der Waals surface area contributed by atoms with Gasteiger partial charge in [-0.05, 0) is 56.7 Å². The third kappa shape index (κ3) is 3.52. The van der Waals surface area contributed by atoms with E-state index >= 15 is 0 Å². The first-order chi connectivity index (χ1) is 17.0. The summed E-state index contributed by atoms with van der Waals surface area (Å²) >= 11 is 0. The average molecular weight is 474 g/mol.